The van der Waals surface area contributed by atoms with Gasteiger partial charge in [0.15, 0.2) is 0 Å². The molecule has 0 radical (unpaired) electrons. The van der Waals surface area contributed by atoms with Gasteiger partial charge in [-0.1, -0.05) is 11.3 Å². The zero-order valence-electron chi connectivity index (χ0n) is 11.1. The van der Waals surface area contributed by atoms with Gasteiger partial charge in [-0.15, -0.1) is 0 Å². The van der Waals surface area contributed by atoms with E-state index in [1.807, 2.05) is 0 Å². The molecule has 0 amide bonds. The van der Waals surface area contributed by atoms with Crippen LogP contribution in [0.2, 0.25) is 0 Å². The number of rotatable bonds is 5. The lowest BCUT2D eigenvalue weighted by molar-refractivity contribution is -0.389. The largest absolute Gasteiger partial charge is 0.480 e. The number of carboxylic acid groups (broad SMARTS) is 1. The predicted molar refractivity (Wildman–Crippen MR) is 73.9 cm³/mol. The molecule has 3 rings (SSSR count). The van der Waals surface area contributed by atoms with Crippen molar-refractivity contribution < 1.29 is 19.6 Å². The number of anilines is 1. The van der Waals surface area contributed by atoms with Gasteiger partial charge < -0.3 is 24.9 Å². The van der Waals surface area contributed by atoms with Gasteiger partial charge in [-0.05, 0) is 11.8 Å². The average molecular weight is 312 g/mol. The number of nitrogens with zero attached hydrogens (tertiary/aromatic N) is 4. The number of carboxylic acids is 1. The zero-order chi connectivity index (χ0) is 15.2. The van der Waals surface area contributed by atoms with Crippen LogP contribution in [0.4, 0.5) is 11.6 Å². The minimum atomic E-state index is -1.04. The highest BCUT2D eigenvalue weighted by atomic mass is 32.1. The molecule has 112 valence electrons. The lowest BCUT2D eigenvalue weighted by Crippen LogP contribution is -2.62. The molecule has 1 saturated heterocycles. The van der Waals surface area contributed by atoms with Gasteiger partial charge in [0, 0.05) is 5.38 Å². The van der Waals surface area contributed by atoms with Crippen molar-refractivity contribution in [3.05, 3.63) is 21.7 Å². The molecule has 0 aliphatic carbocycles. The van der Waals surface area contributed by atoms with Crippen molar-refractivity contribution in [2.24, 2.45) is 0 Å². The number of aromatic nitrogens is 2. The molecule has 0 unspecified atom stereocenters. The molecule has 2 aromatic heterocycles. The van der Waals surface area contributed by atoms with E-state index < -0.39 is 16.5 Å². The van der Waals surface area contributed by atoms with Crippen molar-refractivity contribution in [2.45, 2.75) is 12.5 Å². The summed E-state index contributed by atoms with van der Waals surface area (Å²) in [6.07, 6.45) is 1.61. The Bertz CT molecular complexity index is 717. The summed E-state index contributed by atoms with van der Waals surface area (Å²) < 4.78 is 6.73. The first-order chi connectivity index (χ1) is 9.89. The summed E-state index contributed by atoms with van der Waals surface area (Å²) in [6, 6.07) is 0. The van der Waals surface area contributed by atoms with E-state index in [1.165, 1.54) is 15.7 Å². The van der Waals surface area contributed by atoms with Gasteiger partial charge in [-0.25, -0.2) is 4.79 Å². The van der Waals surface area contributed by atoms with Gasteiger partial charge in [-0.2, -0.15) is 9.38 Å². The maximum atomic E-state index is 11.2. The van der Waals surface area contributed by atoms with Gasteiger partial charge in [-0.3, -0.25) is 0 Å². The number of hydrogen-bond acceptors (Lipinski definition) is 7. The molecule has 9 nitrogen and oxygen atoms in total. The lowest BCUT2D eigenvalue weighted by Gasteiger charge is -2.47. The van der Waals surface area contributed by atoms with E-state index in [-0.39, 0.29) is 12.4 Å². The molecule has 0 aromatic carbocycles. The summed E-state index contributed by atoms with van der Waals surface area (Å²) in [6.45, 7) is 2.12. The van der Waals surface area contributed by atoms with Crippen LogP contribution in [0.3, 0.4) is 0 Å². The Kier molecular flexibility index (Phi) is 3.06. The quantitative estimate of drug-likeness (QED) is 0.647. The smallest absolute Gasteiger partial charge is 0.373 e. The SMILES string of the molecule is CC1(OCC(=O)O)CN(c2nc3sccn3c2[N+](=O)[O-])C1. The molecule has 0 atom stereocenters. The normalized spacial score (nSPS) is 16.9. The highest BCUT2D eigenvalue weighted by molar-refractivity contribution is 7.15. The van der Waals surface area contributed by atoms with Crippen LogP contribution >= 0.6 is 11.3 Å². The Morgan fingerprint density at radius 2 is 2.38 bits per heavy atom. The Hall–Kier alpha value is -2.20. The molecular formula is C11H12N4O5S. The number of ether oxygens (including phenoxy) is 1. The molecule has 21 heavy (non-hydrogen) atoms. The number of nitro groups is 1. The fraction of sp³-hybridized carbons (Fsp3) is 0.455. The van der Waals surface area contributed by atoms with E-state index in [0.717, 1.165) is 0 Å². The number of thiazole rings is 1. The molecule has 2 aromatic rings. The van der Waals surface area contributed by atoms with Crippen LogP contribution in [0.5, 0.6) is 0 Å². The molecule has 3 heterocycles. The van der Waals surface area contributed by atoms with Crippen LogP contribution in [0, 0.1) is 10.1 Å². The van der Waals surface area contributed by atoms with Crippen molar-refractivity contribution in [3.8, 4) is 0 Å². The van der Waals surface area contributed by atoms with Crippen LogP contribution in [0.15, 0.2) is 11.6 Å². The van der Waals surface area contributed by atoms with Gasteiger partial charge in [0.05, 0.1) is 13.1 Å². The number of fused-ring (bicyclic) bond motifs is 1. The Morgan fingerprint density at radius 3 is 3.00 bits per heavy atom. The van der Waals surface area contributed by atoms with Gasteiger partial charge in [0.2, 0.25) is 5.82 Å². The van der Waals surface area contributed by atoms with Crippen molar-refractivity contribution in [3.63, 3.8) is 0 Å². The summed E-state index contributed by atoms with van der Waals surface area (Å²) >= 11 is 1.32. The topological polar surface area (TPSA) is 110 Å². The Labute approximate surface area is 122 Å². The summed E-state index contributed by atoms with van der Waals surface area (Å²) in [7, 11) is 0. The third kappa shape index (κ3) is 2.32. The molecule has 0 saturated carbocycles. The van der Waals surface area contributed by atoms with E-state index in [2.05, 4.69) is 4.98 Å². The highest BCUT2D eigenvalue weighted by Gasteiger charge is 2.44. The lowest BCUT2D eigenvalue weighted by atomic mass is 9.96. The van der Waals surface area contributed by atoms with Crippen LogP contribution in [-0.4, -0.2) is 50.7 Å². The van der Waals surface area contributed by atoms with Crippen LogP contribution in [0.1, 0.15) is 6.92 Å². The minimum absolute atomic E-state index is 0.0773. The van der Waals surface area contributed by atoms with E-state index in [9.17, 15) is 14.9 Å². The monoisotopic (exact) mass is 312 g/mol. The number of carbonyl (C=O) groups is 1. The number of aliphatic carboxylic acids is 1. The number of imidazole rings is 1. The maximum absolute atomic E-state index is 11.2. The molecule has 0 spiro atoms. The van der Waals surface area contributed by atoms with Crippen molar-refractivity contribution in [2.75, 3.05) is 24.6 Å². The standard InChI is InChI=1S/C11H12N4O5S/c1-11(20-4-7(16)17)5-13(6-11)8-9(15(18)19)14-2-3-21-10(14)12-8/h2-3H,4-6H2,1H3,(H,16,17). The molecule has 10 heteroatoms. The van der Waals surface area contributed by atoms with E-state index in [0.29, 0.717) is 23.9 Å². The van der Waals surface area contributed by atoms with E-state index in [4.69, 9.17) is 9.84 Å². The van der Waals surface area contributed by atoms with Crippen LogP contribution in [0.25, 0.3) is 4.96 Å². The average Bonchev–Trinajstić information content (AvgIpc) is 2.91. The summed E-state index contributed by atoms with van der Waals surface area (Å²) in [5.74, 6) is -0.821. The molecular weight excluding hydrogens is 300 g/mol. The van der Waals surface area contributed by atoms with Crippen LogP contribution in [-0.2, 0) is 9.53 Å². The van der Waals surface area contributed by atoms with Gasteiger partial charge in [0.1, 0.15) is 18.4 Å². The molecule has 1 aliphatic heterocycles. The summed E-state index contributed by atoms with van der Waals surface area (Å²) in [5.41, 5.74) is -0.622. The van der Waals surface area contributed by atoms with Crippen molar-refractivity contribution in [1.29, 1.82) is 0 Å². The minimum Gasteiger partial charge on any atom is -0.480 e. The summed E-state index contributed by atoms with van der Waals surface area (Å²) in [5, 5.41) is 21.6. The van der Waals surface area contributed by atoms with E-state index in [1.54, 1.807) is 23.4 Å². The van der Waals surface area contributed by atoms with E-state index >= 15 is 0 Å². The molecule has 0 bridgehead atoms. The third-order valence-electron chi connectivity index (χ3n) is 3.29. The third-order valence-corrected chi connectivity index (χ3v) is 4.04. The first kappa shape index (κ1) is 13.8. The Balaban J connectivity index is 1.80. The highest BCUT2D eigenvalue weighted by Crippen LogP contribution is 2.37. The molecule has 1 N–H and O–H groups in total. The van der Waals surface area contributed by atoms with Gasteiger partial charge in [0.25, 0.3) is 4.96 Å². The number of hydrogen-bond donors (Lipinski definition) is 1. The second-order valence-electron chi connectivity index (χ2n) is 5.06. The zero-order valence-corrected chi connectivity index (χ0v) is 11.9. The van der Waals surface area contributed by atoms with Crippen molar-refractivity contribution in [1.82, 2.24) is 9.38 Å². The maximum Gasteiger partial charge on any atom is 0.373 e. The first-order valence-corrected chi connectivity index (χ1v) is 6.98. The second-order valence-corrected chi connectivity index (χ2v) is 5.93. The Morgan fingerprint density at radius 1 is 1.67 bits per heavy atom. The summed E-state index contributed by atoms with van der Waals surface area (Å²) in [4.78, 5) is 27.8. The fourth-order valence-corrected chi connectivity index (χ4v) is 3.09. The predicted octanol–water partition coefficient (Wildman–Crippen LogP) is 0.984. The molecule has 1 fully saturated rings. The fourth-order valence-electron chi connectivity index (χ4n) is 2.38. The first-order valence-electron chi connectivity index (χ1n) is 6.10. The van der Waals surface area contributed by atoms with Gasteiger partial charge >= 0.3 is 11.8 Å². The molecule has 1 aliphatic rings. The van der Waals surface area contributed by atoms with Crippen LogP contribution < -0.4 is 4.90 Å². The van der Waals surface area contributed by atoms with Crippen molar-refractivity contribution >= 4 is 33.9 Å². The second kappa shape index (κ2) is 4.67.